The Balaban J connectivity index is 1.56. The number of anilines is 1. The van der Waals surface area contributed by atoms with E-state index in [-0.39, 0.29) is 0 Å². The van der Waals surface area contributed by atoms with Crippen molar-refractivity contribution >= 4 is 28.1 Å². The van der Waals surface area contributed by atoms with Gasteiger partial charge in [0.1, 0.15) is 5.75 Å². The van der Waals surface area contributed by atoms with E-state index >= 15 is 0 Å². The second-order valence-electron chi connectivity index (χ2n) is 7.30. The number of benzene rings is 3. The van der Waals surface area contributed by atoms with Crippen LogP contribution in [0.4, 0.5) is 11.4 Å². The molecule has 0 bridgehead atoms. The van der Waals surface area contributed by atoms with E-state index < -0.39 is 0 Å². The maximum Gasteiger partial charge on any atom is 0.200 e. The van der Waals surface area contributed by atoms with Gasteiger partial charge < -0.3 is 15.4 Å². The van der Waals surface area contributed by atoms with Crippen LogP contribution in [-0.4, -0.2) is 19.6 Å². The van der Waals surface area contributed by atoms with Crippen molar-refractivity contribution in [3.63, 3.8) is 0 Å². The van der Waals surface area contributed by atoms with Gasteiger partial charge in [-0.15, -0.1) is 0 Å². The van der Waals surface area contributed by atoms with E-state index in [9.17, 15) is 0 Å². The van der Waals surface area contributed by atoms with Crippen molar-refractivity contribution in [2.24, 2.45) is 10.7 Å². The van der Waals surface area contributed by atoms with Crippen LogP contribution in [0.3, 0.4) is 0 Å². The summed E-state index contributed by atoms with van der Waals surface area (Å²) in [5, 5.41) is 2.68. The number of unbranched alkanes of at least 4 members (excludes halogenated alkanes) is 1. The first kappa shape index (κ1) is 18.4. The predicted molar refractivity (Wildman–Crippen MR) is 118 cm³/mol. The number of ether oxygens (including phenoxy) is 1. The third kappa shape index (κ3) is 3.55. The molecule has 0 atom stereocenters. The molecule has 0 radical (unpaired) electrons. The largest absolute Gasteiger partial charge is 0.494 e. The Hall–Kier alpha value is -3.01. The van der Waals surface area contributed by atoms with Gasteiger partial charge >= 0.3 is 0 Å². The first-order chi connectivity index (χ1) is 13.7. The summed E-state index contributed by atoms with van der Waals surface area (Å²) in [7, 11) is 1.99. The van der Waals surface area contributed by atoms with Crippen LogP contribution in [0, 0.1) is 0 Å². The monoisotopic (exact) mass is 373 g/mol. The van der Waals surface area contributed by atoms with Crippen molar-refractivity contribution in [3.8, 4) is 5.75 Å². The summed E-state index contributed by atoms with van der Waals surface area (Å²) < 4.78 is 5.71. The molecule has 2 N–H and O–H groups in total. The fourth-order valence-corrected chi connectivity index (χ4v) is 3.84. The van der Waals surface area contributed by atoms with Gasteiger partial charge in [0.15, 0.2) is 0 Å². The maximum absolute atomic E-state index is 6.35. The first-order valence-electron chi connectivity index (χ1n) is 10.0. The summed E-state index contributed by atoms with van der Waals surface area (Å²) in [6, 6.07) is 18.7. The fraction of sp³-hybridized carbons (Fsp3) is 0.292. The summed E-state index contributed by atoms with van der Waals surface area (Å²) in [6.45, 7) is 2.90. The summed E-state index contributed by atoms with van der Waals surface area (Å²) in [5.74, 6) is 1.36. The molecule has 1 aliphatic rings. The van der Waals surface area contributed by atoms with Crippen LogP contribution < -0.4 is 15.4 Å². The molecule has 0 heterocycles. The van der Waals surface area contributed by atoms with Crippen LogP contribution in [0.15, 0.2) is 59.6 Å². The van der Waals surface area contributed by atoms with Crippen LogP contribution in [0.25, 0.3) is 10.8 Å². The molecular weight excluding hydrogens is 346 g/mol. The van der Waals surface area contributed by atoms with Crippen LogP contribution in [0.1, 0.15) is 30.9 Å². The number of nitrogens with two attached hydrogens (primary N) is 1. The molecule has 0 amide bonds. The molecule has 4 nitrogen and oxygen atoms in total. The minimum absolute atomic E-state index is 0.486. The van der Waals surface area contributed by atoms with E-state index in [1.807, 2.05) is 36.2 Å². The maximum atomic E-state index is 6.35. The Morgan fingerprint density at radius 3 is 2.68 bits per heavy atom. The van der Waals surface area contributed by atoms with Gasteiger partial charge in [0.2, 0.25) is 5.96 Å². The lowest BCUT2D eigenvalue weighted by Crippen LogP contribution is -2.34. The Morgan fingerprint density at radius 2 is 1.89 bits per heavy atom. The van der Waals surface area contributed by atoms with Gasteiger partial charge in [-0.05, 0) is 71.5 Å². The molecule has 0 aliphatic heterocycles. The lowest BCUT2D eigenvalue weighted by Gasteiger charge is -2.21. The average molecular weight is 374 g/mol. The minimum atomic E-state index is 0.486. The standard InChI is InChI=1S/C24H27N3O/c1-3-4-16-28-20-12-10-19(11-13-20)26-24(25)27(2)22-15-9-18-7-5-6-17-8-14-21(22)23(17)18/h5-7,9-13,15H,3-4,8,14,16H2,1-2H3,(H2,25,26). The number of aryl methyl sites for hydroxylation is 2. The van der Waals surface area contributed by atoms with Gasteiger partial charge in [0, 0.05) is 12.7 Å². The Bertz CT molecular complexity index is 1010. The second-order valence-corrected chi connectivity index (χ2v) is 7.30. The van der Waals surface area contributed by atoms with Gasteiger partial charge in [-0.2, -0.15) is 0 Å². The highest BCUT2D eigenvalue weighted by molar-refractivity contribution is 6.02. The topological polar surface area (TPSA) is 50.9 Å². The highest BCUT2D eigenvalue weighted by atomic mass is 16.5. The molecule has 0 fully saturated rings. The minimum Gasteiger partial charge on any atom is -0.494 e. The average Bonchev–Trinajstić information content (AvgIpc) is 3.15. The molecule has 0 aromatic heterocycles. The number of hydrogen-bond acceptors (Lipinski definition) is 2. The highest BCUT2D eigenvalue weighted by Gasteiger charge is 2.20. The molecule has 4 rings (SSSR count). The van der Waals surface area contributed by atoms with Crippen molar-refractivity contribution < 1.29 is 4.74 Å². The number of hydrogen-bond donors (Lipinski definition) is 1. The van der Waals surface area contributed by atoms with E-state index in [1.54, 1.807) is 0 Å². The summed E-state index contributed by atoms with van der Waals surface area (Å²) in [5.41, 5.74) is 11.1. The van der Waals surface area contributed by atoms with Crippen LogP contribution in [0.5, 0.6) is 5.75 Å². The summed E-state index contributed by atoms with van der Waals surface area (Å²) >= 11 is 0. The molecule has 1 aliphatic carbocycles. The third-order valence-corrected chi connectivity index (χ3v) is 5.41. The number of guanidine groups is 1. The smallest absolute Gasteiger partial charge is 0.200 e. The number of aliphatic imine (C=N–C) groups is 1. The van der Waals surface area contributed by atoms with Crippen molar-refractivity contribution in [3.05, 3.63) is 65.7 Å². The molecule has 0 unspecified atom stereocenters. The van der Waals surface area contributed by atoms with E-state index in [4.69, 9.17) is 10.5 Å². The Morgan fingerprint density at radius 1 is 1.07 bits per heavy atom. The van der Waals surface area contributed by atoms with Crippen molar-refractivity contribution in [2.75, 3.05) is 18.6 Å². The van der Waals surface area contributed by atoms with Crippen LogP contribution in [0.2, 0.25) is 0 Å². The van der Waals surface area contributed by atoms with Crippen molar-refractivity contribution in [1.82, 2.24) is 0 Å². The quantitative estimate of drug-likeness (QED) is 0.367. The van der Waals surface area contributed by atoms with Crippen molar-refractivity contribution in [2.45, 2.75) is 32.6 Å². The Kier molecular flexibility index (Phi) is 5.20. The summed E-state index contributed by atoms with van der Waals surface area (Å²) in [4.78, 5) is 6.60. The fourth-order valence-electron chi connectivity index (χ4n) is 3.84. The third-order valence-electron chi connectivity index (χ3n) is 5.41. The van der Waals surface area contributed by atoms with E-state index in [0.717, 1.165) is 49.4 Å². The SMILES string of the molecule is CCCCOc1ccc(N=C(N)N(C)c2ccc3cccc4c3c2CC4)cc1. The molecule has 3 aromatic rings. The molecule has 0 saturated heterocycles. The lowest BCUT2D eigenvalue weighted by molar-refractivity contribution is 0.309. The Labute approximate surface area is 166 Å². The van der Waals surface area contributed by atoms with Gasteiger partial charge in [0.25, 0.3) is 0 Å². The number of rotatable bonds is 6. The van der Waals surface area contributed by atoms with Crippen LogP contribution >= 0.6 is 0 Å². The predicted octanol–water partition coefficient (Wildman–Crippen LogP) is 5.20. The first-order valence-corrected chi connectivity index (χ1v) is 10.0. The van der Waals surface area contributed by atoms with Gasteiger partial charge in [-0.3, -0.25) is 0 Å². The summed E-state index contributed by atoms with van der Waals surface area (Å²) in [6.07, 6.45) is 4.33. The van der Waals surface area contributed by atoms with Gasteiger partial charge in [-0.25, -0.2) is 4.99 Å². The normalized spacial score (nSPS) is 13.1. The molecule has 4 heteroatoms. The molecule has 28 heavy (non-hydrogen) atoms. The van der Waals surface area contributed by atoms with Gasteiger partial charge in [-0.1, -0.05) is 37.6 Å². The zero-order valence-electron chi connectivity index (χ0n) is 16.6. The zero-order chi connectivity index (χ0) is 19.5. The van der Waals surface area contributed by atoms with Crippen LogP contribution in [-0.2, 0) is 12.8 Å². The second kappa shape index (κ2) is 7.93. The lowest BCUT2D eigenvalue weighted by atomic mass is 10.0. The van der Waals surface area contributed by atoms with E-state index in [0.29, 0.717) is 5.96 Å². The van der Waals surface area contributed by atoms with Gasteiger partial charge in [0.05, 0.1) is 12.3 Å². The van der Waals surface area contributed by atoms with E-state index in [2.05, 4.69) is 42.2 Å². The zero-order valence-corrected chi connectivity index (χ0v) is 16.6. The molecular formula is C24H27N3O. The molecule has 144 valence electrons. The highest BCUT2D eigenvalue weighted by Crippen LogP contribution is 2.37. The number of nitrogens with zero attached hydrogens (tertiary/aromatic N) is 2. The molecule has 0 saturated carbocycles. The molecule has 0 spiro atoms. The molecule has 3 aromatic carbocycles. The van der Waals surface area contributed by atoms with E-state index in [1.165, 1.54) is 21.9 Å². The van der Waals surface area contributed by atoms with Crippen molar-refractivity contribution in [1.29, 1.82) is 0 Å².